The second-order valence-corrected chi connectivity index (χ2v) is 6.01. The molecule has 116 valence electrons. The van der Waals surface area contributed by atoms with Gasteiger partial charge in [-0.1, -0.05) is 60.7 Å². The minimum absolute atomic E-state index is 0.127. The number of carbonyl (C=O) groups is 1. The monoisotopic (exact) mass is 306 g/mol. The van der Waals surface area contributed by atoms with Crippen molar-refractivity contribution in [1.82, 2.24) is 0 Å². The van der Waals surface area contributed by atoms with E-state index in [1.165, 1.54) is 0 Å². The molecule has 2 aromatic carbocycles. The molecule has 2 atom stereocenters. The zero-order chi connectivity index (χ0) is 15.7. The topological polar surface area (TPSA) is 35.5 Å². The second-order valence-electron chi connectivity index (χ2n) is 6.01. The third-order valence-corrected chi connectivity index (χ3v) is 4.43. The van der Waals surface area contributed by atoms with Gasteiger partial charge in [0, 0.05) is 12.8 Å². The third kappa shape index (κ3) is 2.74. The molecule has 23 heavy (non-hydrogen) atoms. The van der Waals surface area contributed by atoms with E-state index < -0.39 is 5.79 Å². The van der Waals surface area contributed by atoms with Crippen molar-refractivity contribution in [1.29, 1.82) is 0 Å². The molecule has 4 rings (SSSR count). The normalized spacial score (nSPS) is 25.8. The van der Waals surface area contributed by atoms with Crippen LogP contribution < -0.4 is 0 Å². The van der Waals surface area contributed by atoms with Crippen LogP contribution in [0.25, 0.3) is 0 Å². The standard InChI is InChI=1S/C20H18O3/c21-17-11-13-20(14-12-17)22-18(15-7-3-1-4-8-15)19(23-20)16-9-5-2-6-10-16/h1-11,13,18-19H,12,14H2/t18-,19-/m0/s1. The molecule has 0 amide bonds. The Morgan fingerprint density at radius 2 is 1.35 bits per heavy atom. The smallest absolute Gasteiger partial charge is 0.190 e. The van der Waals surface area contributed by atoms with Gasteiger partial charge in [0.25, 0.3) is 0 Å². The number of ether oxygens (including phenoxy) is 2. The molecular formula is C20H18O3. The van der Waals surface area contributed by atoms with Gasteiger partial charge < -0.3 is 9.47 Å². The summed E-state index contributed by atoms with van der Waals surface area (Å²) in [5.74, 6) is -0.670. The molecule has 1 spiro atoms. The largest absolute Gasteiger partial charge is 0.335 e. The van der Waals surface area contributed by atoms with Gasteiger partial charge in [-0.25, -0.2) is 0 Å². The van der Waals surface area contributed by atoms with Crippen LogP contribution in [-0.2, 0) is 14.3 Å². The number of allylic oxidation sites excluding steroid dienone is 1. The number of rotatable bonds is 2. The summed E-state index contributed by atoms with van der Waals surface area (Å²) >= 11 is 0. The van der Waals surface area contributed by atoms with Crippen LogP contribution >= 0.6 is 0 Å². The molecule has 2 aliphatic rings. The van der Waals surface area contributed by atoms with E-state index in [0.717, 1.165) is 11.1 Å². The Labute approximate surface area is 135 Å². The van der Waals surface area contributed by atoms with E-state index in [0.29, 0.717) is 12.8 Å². The summed E-state index contributed by atoms with van der Waals surface area (Å²) in [6.07, 6.45) is 4.01. The number of carbonyl (C=O) groups excluding carboxylic acids is 1. The van der Waals surface area contributed by atoms with Crippen molar-refractivity contribution in [2.24, 2.45) is 0 Å². The third-order valence-electron chi connectivity index (χ3n) is 4.43. The van der Waals surface area contributed by atoms with Crippen LogP contribution in [0.3, 0.4) is 0 Å². The molecule has 0 saturated carbocycles. The van der Waals surface area contributed by atoms with Crippen molar-refractivity contribution in [3.8, 4) is 0 Å². The SMILES string of the molecule is O=C1C=CC2(CC1)O[C@@H](c1ccccc1)[C@H](c1ccccc1)O2. The van der Waals surface area contributed by atoms with Crippen LogP contribution in [-0.4, -0.2) is 11.6 Å². The van der Waals surface area contributed by atoms with E-state index in [9.17, 15) is 4.79 Å². The Morgan fingerprint density at radius 1 is 0.826 bits per heavy atom. The van der Waals surface area contributed by atoms with Crippen LogP contribution in [0, 0.1) is 0 Å². The van der Waals surface area contributed by atoms with Gasteiger partial charge in [0.2, 0.25) is 0 Å². The average molecular weight is 306 g/mol. The Hall–Kier alpha value is -2.23. The van der Waals surface area contributed by atoms with E-state index in [-0.39, 0.29) is 18.0 Å². The lowest BCUT2D eigenvalue weighted by Crippen LogP contribution is -2.31. The van der Waals surface area contributed by atoms with Crippen molar-refractivity contribution in [3.63, 3.8) is 0 Å². The first-order valence-electron chi connectivity index (χ1n) is 7.93. The molecular weight excluding hydrogens is 288 g/mol. The van der Waals surface area contributed by atoms with Crippen LogP contribution in [0.1, 0.15) is 36.2 Å². The number of hydrogen-bond acceptors (Lipinski definition) is 3. The van der Waals surface area contributed by atoms with E-state index in [1.54, 1.807) is 12.2 Å². The molecule has 1 heterocycles. The predicted octanol–water partition coefficient (Wildman–Crippen LogP) is 4.13. The fourth-order valence-electron chi connectivity index (χ4n) is 3.23. The van der Waals surface area contributed by atoms with Crippen molar-refractivity contribution in [2.75, 3.05) is 0 Å². The minimum atomic E-state index is -0.797. The predicted molar refractivity (Wildman–Crippen MR) is 86.6 cm³/mol. The average Bonchev–Trinajstić information content (AvgIpc) is 2.99. The van der Waals surface area contributed by atoms with E-state index in [4.69, 9.17) is 9.47 Å². The lowest BCUT2D eigenvalue weighted by atomic mass is 9.99. The Kier molecular flexibility index (Phi) is 3.60. The zero-order valence-corrected chi connectivity index (χ0v) is 12.7. The number of hydrogen-bond donors (Lipinski definition) is 0. The molecule has 0 N–H and O–H groups in total. The molecule has 3 heteroatoms. The van der Waals surface area contributed by atoms with Gasteiger partial charge in [-0.05, 0) is 23.3 Å². The van der Waals surface area contributed by atoms with Crippen molar-refractivity contribution >= 4 is 5.78 Å². The first kappa shape index (κ1) is 14.4. The van der Waals surface area contributed by atoms with Crippen LogP contribution in [0.2, 0.25) is 0 Å². The maximum absolute atomic E-state index is 11.5. The first-order chi connectivity index (χ1) is 11.3. The van der Waals surface area contributed by atoms with E-state index in [1.807, 2.05) is 36.4 Å². The van der Waals surface area contributed by atoms with Crippen molar-refractivity contribution < 1.29 is 14.3 Å². The number of ketones is 1. The summed E-state index contributed by atoms with van der Waals surface area (Å²) in [4.78, 5) is 11.5. The van der Waals surface area contributed by atoms with Gasteiger partial charge in [0.1, 0.15) is 12.2 Å². The Morgan fingerprint density at radius 3 is 1.78 bits per heavy atom. The van der Waals surface area contributed by atoms with Gasteiger partial charge in [0.15, 0.2) is 11.6 Å². The quantitative estimate of drug-likeness (QED) is 0.837. The minimum Gasteiger partial charge on any atom is -0.335 e. The summed E-state index contributed by atoms with van der Waals surface area (Å²) < 4.78 is 12.7. The lowest BCUT2D eigenvalue weighted by Gasteiger charge is -2.26. The van der Waals surface area contributed by atoms with Gasteiger partial charge in [0.05, 0.1) is 0 Å². The highest BCUT2D eigenvalue weighted by molar-refractivity contribution is 5.90. The molecule has 1 aliphatic carbocycles. The maximum atomic E-state index is 11.5. The van der Waals surface area contributed by atoms with Crippen LogP contribution in [0.5, 0.6) is 0 Å². The van der Waals surface area contributed by atoms with Gasteiger partial charge >= 0.3 is 0 Å². The highest BCUT2D eigenvalue weighted by atomic mass is 16.8. The molecule has 2 aromatic rings. The first-order valence-corrected chi connectivity index (χ1v) is 7.93. The second kappa shape index (κ2) is 5.76. The summed E-state index contributed by atoms with van der Waals surface area (Å²) in [5.41, 5.74) is 2.17. The molecule has 0 unspecified atom stereocenters. The van der Waals surface area contributed by atoms with Crippen molar-refractivity contribution in [2.45, 2.75) is 30.8 Å². The van der Waals surface area contributed by atoms with Gasteiger partial charge in [-0.2, -0.15) is 0 Å². The summed E-state index contributed by atoms with van der Waals surface area (Å²) in [6.45, 7) is 0. The summed E-state index contributed by atoms with van der Waals surface area (Å²) in [7, 11) is 0. The Bertz CT molecular complexity index is 674. The maximum Gasteiger partial charge on any atom is 0.190 e. The van der Waals surface area contributed by atoms with E-state index >= 15 is 0 Å². The van der Waals surface area contributed by atoms with E-state index in [2.05, 4.69) is 24.3 Å². The fraction of sp³-hybridized carbons (Fsp3) is 0.250. The summed E-state index contributed by atoms with van der Waals surface area (Å²) in [6, 6.07) is 20.2. The highest BCUT2D eigenvalue weighted by Gasteiger charge is 2.48. The van der Waals surface area contributed by atoms with Gasteiger partial charge in [-0.3, -0.25) is 4.79 Å². The molecule has 0 radical (unpaired) electrons. The summed E-state index contributed by atoms with van der Waals surface area (Å²) in [5, 5.41) is 0. The Balaban J connectivity index is 1.73. The molecule has 1 saturated heterocycles. The molecule has 0 aromatic heterocycles. The molecule has 0 bridgehead atoms. The zero-order valence-electron chi connectivity index (χ0n) is 12.7. The number of benzene rings is 2. The highest BCUT2D eigenvalue weighted by Crippen LogP contribution is 2.50. The molecule has 1 fully saturated rings. The molecule has 3 nitrogen and oxygen atoms in total. The van der Waals surface area contributed by atoms with Crippen LogP contribution in [0.4, 0.5) is 0 Å². The fourth-order valence-corrected chi connectivity index (χ4v) is 3.23. The van der Waals surface area contributed by atoms with Crippen LogP contribution in [0.15, 0.2) is 72.8 Å². The van der Waals surface area contributed by atoms with Gasteiger partial charge in [-0.15, -0.1) is 0 Å². The lowest BCUT2D eigenvalue weighted by molar-refractivity contribution is -0.151. The molecule has 1 aliphatic heterocycles. The van der Waals surface area contributed by atoms with Crippen molar-refractivity contribution in [3.05, 3.63) is 83.9 Å².